The van der Waals surface area contributed by atoms with Crippen LogP contribution < -0.4 is 10.6 Å². The Labute approximate surface area is 193 Å². The van der Waals surface area contributed by atoms with Gasteiger partial charge >= 0.3 is 6.18 Å². The molecule has 2 heterocycles. The standard InChI is InChI=1S/C22H21ClF3N5O2/c1-12(2)28-18(32)10-14-7-4-6-13(3)19(14)29-21(33)16-11-17(22(24,25)26)30-31(16)20-15(23)8-5-9-27-20/h4-9,11-12H,10H2,1-3H3,(H,28,32)(H,29,33). The van der Waals surface area contributed by atoms with Gasteiger partial charge in [-0.05, 0) is 44.0 Å². The first-order chi connectivity index (χ1) is 15.5. The monoisotopic (exact) mass is 479 g/mol. The molecule has 0 fully saturated rings. The Morgan fingerprint density at radius 2 is 1.91 bits per heavy atom. The number of halogens is 4. The molecule has 2 N–H and O–H groups in total. The van der Waals surface area contributed by atoms with Crippen molar-refractivity contribution in [1.29, 1.82) is 0 Å². The number of pyridine rings is 1. The van der Waals surface area contributed by atoms with Crippen LogP contribution in [0.1, 0.15) is 41.2 Å². The van der Waals surface area contributed by atoms with E-state index in [-0.39, 0.29) is 29.2 Å². The van der Waals surface area contributed by atoms with Gasteiger partial charge in [0, 0.05) is 24.0 Å². The summed E-state index contributed by atoms with van der Waals surface area (Å²) in [6, 6.07) is 8.59. The highest BCUT2D eigenvalue weighted by Crippen LogP contribution is 2.31. The quantitative estimate of drug-likeness (QED) is 0.542. The summed E-state index contributed by atoms with van der Waals surface area (Å²) in [6.07, 6.45) is -3.48. The third-order valence-electron chi connectivity index (χ3n) is 4.57. The summed E-state index contributed by atoms with van der Waals surface area (Å²) >= 11 is 6.09. The van der Waals surface area contributed by atoms with Crippen molar-refractivity contribution >= 4 is 29.1 Å². The second-order valence-corrected chi connectivity index (χ2v) is 8.00. The fourth-order valence-corrected chi connectivity index (χ4v) is 3.36. The minimum absolute atomic E-state index is 0.0188. The smallest absolute Gasteiger partial charge is 0.354 e. The van der Waals surface area contributed by atoms with Gasteiger partial charge in [-0.15, -0.1) is 0 Å². The van der Waals surface area contributed by atoms with Crippen molar-refractivity contribution in [3.05, 3.63) is 70.1 Å². The molecule has 0 atom stereocenters. The van der Waals surface area contributed by atoms with Crippen molar-refractivity contribution in [3.8, 4) is 5.82 Å². The van der Waals surface area contributed by atoms with Crippen molar-refractivity contribution < 1.29 is 22.8 Å². The number of alkyl halides is 3. The number of aryl methyl sites for hydroxylation is 1. The van der Waals surface area contributed by atoms with E-state index in [1.165, 1.54) is 18.3 Å². The van der Waals surface area contributed by atoms with Crippen LogP contribution in [0.25, 0.3) is 5.82 Å². The minimum atomic E-state index is -4.79. The Kier molecular flexibility index (Phi) is 7.06. The molecule has 0 aliphatic carbocycles. The zero-order valence-corrected chi connectivity index (χ0v) is 18.8. The lowest BCUT2D eigenvalue weighted by atomic mass is 10.0. The molecule has 0 radical (unpaired) electrons. The second kappa shape index (κ2) is 9.62. The predicted molar refractivity (Wildman–Crippen MR) is 117 cm³/mol. The maximum atomic E-state index is 13.4. The summed E-state index contributed by atoms with van der Waals surface area (Å²) in [7, 11) is 0. The highest BCUT2D eigenvalue weighted by molar-refractivity contribution is 6.32. The Morgan fingerprint density at radius 1 is 1.18 bits per heavy atom. The molecule has 0 spiro atoms. The van der Waals surface area contributed by atoms with Gasteiger partial charge in [-0.3, -0.25) is 9.59 Å². The number of nitrogens with one attached hydrogen (secondary N) is 2. The SMILES string of the molecule is Cc1cccc(CC(=O)NC(C)C)c1NC(=O)c1cc(C(F)(F)F)nn1-c1ncccc1Cl. The summed E-state index contributed by atoms with van der Waals surface area (Å²) in [4.78, 5) is 29.3. The molecule has 0 aliphatic heterocycles. The van der Waals surface area contributed by atoms with Gasteiger partial charge in [-0.1, -0.05) is 29.8 Å². The largest absolute Gasteiger partial charge is 0.435 e. The van der Waals surface area contributed by atoms with E-state index in [0.29, 0.717) is 22.9 Å². The summed E-state index contributed by atoms with van der Waals surface area (Å²) in [5.74, 6) is -1.24. The van der Waals surface area contributed by atoms with Gasteiger partial charge in [-0.25, -0.2) is 9.67 Å². The van der Waals surface area contributed by atoms with Crippen LogP contribution >= 0.6 is 11.6 Å². The molecule has 11 heteroatoms. The first kappa shape index (κ1) is 24.2. The maximum Gasteiger partial charge on any atom is 0.435 e. The molecule has 0 bridgehead atoms. The molecule has 0 unspecified atom stereocenters. The Morgan fingerprint density at radius 3 is 2.55 bits per heavy atom. The minimum Gasteiger partial charge on any atom is -0.354 e. The molecule has 0 saturated heterocycles. The summed E-state index contributed by atoms with van der Waals surface area (Å²) in [5.41, 5.74) is -0.204. The number of rotatable bonds is 6. The lowest BCUT2D eigenvalue weighted by molar-refractivity contribution is -0.141. The Bertz CT molecular complexity index is 1190. The van der Waals surface area contributed by atoms with Gasteiger partial charge < -0.3 is 10.6 Å². The van der Waals surface area contributed by atoms with E-state index >= 15 is 0 Å². The second-order valence-electron chi connectivity index (χ2n) is 7.60. The Hall–Kier alpha value is -3.40. The molecule has 174 valence electrons. The molecule has 3 aromatic rings. The van der Waals surface area contributed by atoms with Crippen molar-refractivity contribution in [2.75, 3.05) is 5.32 Å². The summed E-state index contributed by atoms with van der Waals surface area (Å²) < 4.78 is 40.8. The molecule has 7 nitrogen and oxygen atoms in total. The van der Waals surface area contributed by atoms with Gasteiger partial charge in [-0.2, -0.15) is 18.3 Å². The molecule has 1 aromatic carbocycles. The van der Waals surface area contributed by atoms with E-state index in [4.69, 9.17) is 11.6 Å². The van der Waals surface area contributed by atoms with Crippen LogP contribution in [0, 0.1) is 6.92 Å². The highest BCUT2D eigenvalue weighted by atomic mass is 35.5. The third kappa shape index (κ3) is 5.70. The summed E-state index contributed by atoms with van der Waals surface area (Å²) in [5, 5.41) is 8.94. The van der Waals surface area contributed by atoms with Gasteiger partial charge in [0.2, 0.25) is 5.91 Å². The van der Waals surface area contributed by atoms with Crippen molar-refractivity contribution in [2.45, 2.75) is 39.4 Å². The van der Waals surface area contributed by atoms with E-state index in [2.05, 4.69) is 20.7 Å². The van der Waals surface area contributed by atoms with Crippen LogP contribution in [0.2, 0.25) is 5.02 Å². The first-order valence-corrected chi connectivity index (χ1v) is 10.3. The predicted octanol–water partition coefficient (Wildman–Crippen LogP) is 4.57. The lowest BCUT2D eigenvalue weighted by Crippen LogP contribution is -2.31. The molecular weight excluding hydrogens is 459 g/mol. The fraction of sp³-hybridized carbons (Fsp3) is 0.273. The molecule has 0 saturated carbocycles. The average molecular weight is 480 g/mol. The molecule has 0 aliphatic rings. The van der Waals surface area contributed by atoms with E-state index in [9.17, 15) is 22.8 Å². The third-order valence-corrected chi connectivity index (χ3v) is 4.87. The molecule has 3 rings (SSSR count). The average Bonchev–Trinajstić information content (AvgIpc) is 3.16. The van der Waals surface area contributed by atoms with Crippen LogP contribution in [0.3, 0.4) is 0 Å². The number of carbonyl (C=O) groups excluding carboxylic acids is 2. The van der Waals surface area contributed by atoms with Crippen LogP contribution in [0.5, 0.6) is 0 Å². The van der Waals surface area contributed by atoms with Crippen molar-refractivity contribution in [2.24, 2.45) is 0 Å². The molecular formula is C22H21ClF3N5O2. The molecule has 2 amide bonds. The van der Waals surface area contributed by atoms with Crippen molar-refractivity contribution in [1.82, 2.24) is 20.1 Å². The van der Waals surface area contributed by atoms with Gasteiger partial charge in [0.1, 0.15) is 5.69 Å². The van der Waals surface area contributed by atoms with Crippen LogP contribution in [-0.2, 0) is 17.4 Å². The van der Waals surface area contributed by atoms with Gasteiger partial charge in [0.15, 0.2) is 11.5 Å². The molecule has 33 heavy (non-hydrogen) atoms. The zero-order chi connectivity index (χ0) is 24.3. The number of nitrogens with zero attached hydrogens (tertiary/aromatic N) is 3. The number of para-hydroxylation sites is 1. The summed E-state index contributed by atoms with van der Waals surface area (Å²) in [6.45, 7) is 5.35. The van der Waals surface area contributed by atoms with Gasteiger partial charge in [0.25, 0.3) is 5.91 Å². The number of amides is 2. The van der Waals surface area contributed by atoms with Crippen LogP contribution in [0.4, 0.5) is 18.9 Å². The Balaban J connectivity index is 2.01. The molecule has 2 aromatic heterocycles. The topological polar surface area (TPSA) is 88.9 Å². The normalized spacial score (nSPS) is 11.5. The highest BCUT2D eigenvalue weighted by Gasteiger charge is 2.36. The lowest BCUT2D eigenvalue weighted by Gasteiger charge is -2.15. The van der Waals surface area contributed by atoms with Crippen LogP contribution in [0.15, 0.2) is 42.6 Å². The van der Waals surface area contributed by atoms with E-state index in [1.54, 1.807) is 25.1 Å². The van der Waals surface area contributed by atoms with Gasteiger partial charge in [0.05, 0.1) is 11.4 Å². The van der Waals surface area contributed by atoms with Crippen molar-refractivity contribution in [3.63, 3.8) is 0 Å². The van der Waals surface area contributed by atoms with E-state index in [0.717, 1.165) is 4.68 Å². The number of hydrogen-bond donors (Lipinski definition) is 2. The number of anilines is 1. The van der Waals surface area contributed by atoms with E-state index in [1.807, 2.05) is 13.8 Å². The number of benzene rings is 1. The van der Waals surface area contributed by atoms with Crippen LogP contribution in [-0.4, -0.2) is 32.6 Å². The zero-order valence-electron chi connectivity index (χ0n) is 18.0. The number of carbonyl (C=O) groups is 2. The van der Waals surface area contributed by atoms with E-state index < -0.39 is 23.5 Å². The first-order valence-electron chi connectivity index (χ1n) is 9.94. The maximum absolute atomic E-state index is 13.4. The number of aromatic nitrogens is 3. The number of hydrogen-bond acceptors (Lipinski definition) is 4. The fourth-order valence-electron chi connectivity index (χ4n) is 3.15.